The van der Waals surface area contributed by atoms with E-state index in [4.69, 9.17) is 0 Å². The fraction of sp³-hybridized carbons (Fsp3) is 0.0476. The smallest absolute Gasteiger partial charge is 0.252 e. The fourth-order valence-electron chi connectivity index (χ4n) is 3.73. The first kappa shape index (κ1) is 15.6. The molecule has 0 radical (unpaired) electrons. The molecule has 4 aromatic rings. The Kier molecular flexibility index (Phi) is 3.27. The van der Waals surface area contributed by atoms with Crippen LogP contribution in [0.3, 0.4) is 0 Å². The third-order valence-corrected chi connectivity index (χ3v) is 4.95. The molecule has 2 aromatic heterocycles. The summed E-state index contributed by atoms with van der Waals surface area (Å²) in [6.07, 6.45) is 3.43. The highest BCUT2D eigenvalue weighted by Crippen LogP contribution is 2.39. The van der Waals surface area contributed by atoms with E-state index < -0.39 is 11.9 Å². The standard InChI is InChI=1S/C21H14FN3O2/c22-17-9-11(26)5-6-15(17)19-16-10-24-20-18(16)13(7-8-23-20)12-3-1-2-4-14(12)21(27)25-19/h1-10,19,26H,(H,23,24)(H,25,27). The predicted molar refractivity (Wildman–Crippen MR) is 98.9 cm³/mol. The van der Waals surface area contributed by atoms with E-state index in [-0.39, 0.29) is 17.2 Å². The second-order valence-electron chi connectivity index (χ2n) is 6.48. The number of aromatic nitrogens is 2. The van der Waals surface area contributed by atoms with Crippen molar-refractivity contribution < 1.29 is 14.3 Å². The maximum Gasteiger partial charge on any atom is 0.252 e. The number of carbonyl (C=O) groups excluding carboxylic acids is 1. The van der Waals surface area contributed by atoms with Crippen LogP contribution in [-0.4, -0.2) is 21.0 Å². The van der Waals surface area contributed by atoms with Crippen LogP contribution < -0.4 is 5.32 Å². The van der Waals surface area contributed by atoms with Gasteiger partial charge in [0.2, 0.25) is 0 Å². The van der Waals surface area contributed by atoms with Crippen LogP contribution in [0.1, 0.15) is 27.5 Å². The average molecular weight is 359 g/mol. The number of benzene rings is 2. The lowest BCUT2D eigenvalue weighted by molar-refractivity contribution is 0.0943. The molecule has 2 aromatic carbocycles. The van der Waals surface area contributed by atoms with E-state index in [1.165, 1.54) is 12.1 Å². The van der Waals surface area contributed by atoms with Gasteiger partial charge in [0, 0.05) is 40.5 Å². The van der Waals surface area contributed by atoms with E-state index in [9.17, 15) is 14.3 Å². The van der Waals surface area contributed by atoms with Crippen molar-refractivity contribution in [3.8, 4) is 16.9 Å². The minimum atomic E-state index is -0.719. The molecule has 1 amide bonds. The number of hydrogen-bond acceptors (Lipinski definition) is 3. The van der Waals surface area contributed by atoms with E-state index in [0.29, 0.717) is 11.2 Å². The molecule has 3 N–H and O–H groups in total. The number of fused-ring (bicyclic) bond motifs is 2. The van der Waals surface area contributed by atoms with Gasteiger partial charge in [-0.2, -0.15) is 0 Å². The number of aromatic amines is 1. The first-order valence-electron chi connectivity index (χ1n) is 8.48. The molecule has 0 saturated carbocycles. The molecule has 0 saturated heterocycles. The molecule has 27 heavy (non-hydrogen) atoms. The zero-order valence-corrected chi connectivity index (χ0v) is 14.0. The number of nitrogens with one attached hydrogen (secondary N) is 2. The second-order valence-corrected chi connectivity index (χ2v) is 6.48. The molecule has 1 unspecified atom stereocenters. The van der Waals surface area contributed by atoms with Gasteiger partial charge in [0.05, 0.1) is 6.04 Å². The van der Waals surface area contributed by atoms with Gasteiger partial charge in [-0.15, -0.1) is 0 Å². The Hall–Kier alpha value is -3.67. The van der Waals surface area contributed by atoms with Crippen molar-refractivity contribution in [2.45, 2.75) is 6.04 Å². The molecule has 6 heteroatoms. The lowest BCUT2D eigenvalue weighted by Crippen LogP contribution is -2.31. The van der Waals surface area contributed by atoms with Gasteiger partial charge in [-0.1, -0.05) is 24.3 Å². The number of pyridine rings is 1. The van der Waals surface area contributed by atoms with Crippen LogP contribution in [0.5, 0.6) is 5.75 Å². The topological polar surface area (TPSA) is 78.0 Å². The third kappa shape index (κ3) is 2.30. The van der Waals surface area contributed by atoms with E-state index >= 15 is 0 Å². The van der Waals surface area contributed by atoms with E-state index in [0.717, 1.165) is 28.1 Å². The number of aromatic hydroxyl groups is 1. The average Bonchev–Trinajstić information content (AvgIpc) is 3.09. The number of amides is 1. The monoisotopic (exact) mass is 359 g/mol. The normalized spacial score (nSPS) is 15.7. The summed E-state index contributed by atoms with van der Waals surface area (Å²) in [6.45, 7) is 0. The van der Waals surface area contributed by atoms with Crippen molar-refractivity contribution >= 4 is 16.9 Å². The molecule has 1 atom stereocenters. The van der Waals surface area contributed by atoms with Crippen LogP contribution in [0.2, 0.25) is 0 Å². The van der Waals surface area contributed by atoms with Crippen molar-refractivity contribution in [1.82, 2.24) is 15.3 Å². The SMILES string of the molecule is O=C1NC(c2ccc(O)cc2F)c2c[nH]c3nccc(c23)-c2ccccc21. The molecule has 0 spiro atoms. The molecule has 5 rings (SSSR count). The summed E-state index contributed by atoms with van der Waals surface area (Å²) in [7, 11) is 0. The fourth-order valence-corrected chi connectivity index (χ4v) is 3.73. The predicted octanol–water partition coefficient (Wildman–Crippen LogP) is 3.91. The quantitative estimate of drug-likeness (QED) is 0.482. The highest BCUT2D eigenvalue weighted by Gasteiger charge is 2.29. The number of phenols is 1. The minimum absolute atomic E-state index is 0.167. The van der Waals surface area contributed by atoms with Gasteiger partial charge in [-0.3, -0.25) is 4.79 Å². The molecule has 5 nitrogen and oxygen atoms in total. The number of phenolic OH excluding ortho intramolecular Hbond substituents is 1. The van der Waals surface area contributed by atoms with Crippen molar-refractivity contribution in [1.29, 1.82) is 0 Å². The van der Waals surface area contributed by atoms with Gasteiger partial charge < -0.3 is 15.4 Å². The van der Waals surface area contributed by atoms with Crippen LogP contribution in [0.25, 0.3) is 22.2 Å². The number of rotatable bonds is 1. The van der Waals surface area contributed by atoms with Gasteiger partial charge in [0.15, 0.2) is 0 Å². The van der Waals surface area contributed by atoms with Crippen LogP contribution in [0.15, 0.2) is 60.9 Å². The molecule has 0 bridgehead atoms. The number of H-pyrrole nitrogens is 1. The highest BCUT2D eigenvalue weighted by atomic mass is 19.1. The number of nitrogens with zero attached hydrogens (tertiary/aromatic N) is 1. The second kappa shape index (κ2) is 5.67. The third-order valence-electron chi connectivity index (χ3n) is 4.95. The molecule has 0 aliphatic carbocycles. The summed E-state index contributed by atoms with van der Waals surface area (Å²) in [4.78, 5) is 20.5. The van der Waals surface area contributed by atoms with Crippen LogP contribution >= 0.6 is 0 Å². The summed E-state index contributed by atoms with van der Waals surface area (Å²) < 4.78 is 14.6. The Bertz CT molecular complexity index is 1220. The van der Waals surface area contributed by atoms with Crippen LogP contribution in [-0.2, 0) is 0 Å². The van der Waals surface area contributed by atoms with Crippen molar-refractivity contribution in [3.63, 3.8) is 0 Å². The molecule has 0 fully saturated rings. The van der Waals surface area contributed by atoms with Crippen LogP contribution in [0, 0.1) is 5.82 Å². The summed E-state index contributed by atoms with van der Waals surface area (Å²) in [5, 5.41) is 13.3. The zero-order valence-electron chi connectivity index (χ0n) is 14.0. The van der Waals surface area contributed by atoms with Gasteiger partial charge >= 0.3 is 0 Å². The Balaban J connectivity index is 1.85. The van der Waals surface area contributed by atoms with E-state index in [1.807, 2.05) is 18.2 Å². The van der Waals surface area contributed by atoms with Crippen molar-refractivity contribution in [2.24, 2.45) is 0 Å². The van der Waals surface area contributed by atoms with Crippen molar-refractivity contribution in [2.75, 3.05) is 0 Å². The van der Waals surface area contributed by atoms with E-state index in [1.54, 1.807) is 24.5 Å². The zero-order chi connectivity index (χ0) is 18.5. The van der Waals surface area contributed by atoms with E-state index in [2.05, 4.69) is 15.3 Å². The molecule has 3 heterocycles. The first-order valence-corrected chi connectivity index (χ1v) is 8.48. The van der Waals surface area contributed by atoms with Gasteiger partial charge in [0.25, 0.3) is 5.91 Å². The summed E-state index contributed by atoms with van der Waals surface area (Å²) in [6, 6.07) is 12.4. The lowest BCUT2D eigenvalue weighted by atomic mass is 9.89. The van der Waals surface area contributed by atoms with Gasteiger partial charge in [-0.05, 0) is 29.3 Å². The molecular formula is C21H14FN3O2. The first-order chi connectivity index (χ1) is 13.1. The largest absolute Gasteiger partial charge is 0.508 e. The van der Waals surface area contributed by atoms with Gasteiger partial charge in [0.1, 0.15) is 17.2 Å². The number of halogens is 1. The molecular weight excluding hydrogens is 345 g/mol. The Labute approximate surface area is 153 Å². The molecule has 1 aliphatic rings. The van der Waals surface area contributed by atoms with Crippen LogP contribution in [0.4, 0.5) is 4.39 Å². The van der Waals surface area contributed by atoms with Gasteiger partial charge in [-0.25, -0.2) is 9.37 Å². The highest BCUT2D eigenvalue weighted by molar-refractivity contribution is 6.07. The lowest BCUT2D eigenvalue weighted by Gasteiger charge is -2.24. The summed E-state index contributed by atoms with van der Waals surface area (Å²) in [5.41, 5.74) is 3.84. The summed E-state index contributed by atoms with van der Waals surface area (Å²) >= 11 is 0. The maximum atomic E-state index is 14.6. The maximum absolute atomic E-state index is 14.6. The Morgan fingerprint density at radius 3 is 2.63 bits per heavy atom. The number of hydrogen-bond donors (Lipinski definition) is 3. The molecule has 132 valence electrons. The van der Waals surface area contributed by atoms with Crippen molar-refractivity contribution in [3.05, 3.63) is 83.4 Å². The minimum Gasteiger partial charge on any atom is -0.508 e. The Morgan fingerprint density at radius 2 is 1.81 bits per heavy atom. The number of carbonyl (C=O) groups is 1. The Morgan fingerprint density at radius 1 is 1.00 bits per heavy atom. The summed E-state index contributed by atoms with van der Waals surface area (Å²) in [5.74, 6) is -1.05. The molecule has 1 aliphatic heterocycles.